The van der Waals surface area contributed by atoms with Crippen molar-refractivity contribution in [1.82, 2.24) is 19.8 Å². The van der Waals surface area contributed by atoms with E-state index in [1.165, 1.54) is 0 Å². The minimum Gasteiger partial charge on any atom is -0.299 e. The van der Waals surface area contributed by atoms with Gasteiger partial charge in [-0.05, 0) is 5.92 Å². The normalized spacial score (nSPS) is 30.1. The summed E-state index contributed by atoms with van der Waals surface area (Å²) in [7, 11) is 0. The molecule has 3 aliphatic rings. The summed E-state index contributed by atoms with van der Waals surface area (Å²) in [6.45, 7) is 9.52. The molecular weight excluding hydrogens is 283 g/mol. The van der Waals surface area contributed by atoms with Crippen molar-refractivity contribution in [3.8, 4) is 0 Å². The van der Waals surface area contributed by atoms with Gasteiger partial charge in [-0.3, -0.25) is 9.80 Å². The summed E-state index contributed by atoms with van der Waals surface area (Å²) in [6.07, 6.45) is 0. The Morgan fingerprint density at radius 3 is 2.05 bits per heavy atom. The number of halogens is 2. The van der Waals surface area contributed by atoms with E-state index >= 15 is 0 Å². The molecule has 1 atom stereocenters. The molecule has 0 aromatic carbocycles. The van der Waals surface area contributed by atoms with E-state index in [-0.39, 0.29) is 12.0 Å². The third-order valence-corrected chi connectivity index (χ3v) is 4.60. The van der Waals surface area contributed by atoms with E-state index in [4.69, 9.17) is 23.2 Å². The largest absolute Gasteiger partial charge is 0.299 e. The molecule has 4 heterocycles. The molecule has 1 unspecified atom stereocenters. The Bertz CT molecular complexity index is 461. The fraction of sp³-hybridized carbons (Fsp3) is 0.692. The first-order valence-electron chi connectivity index (χ1n) is 6.75. The lowest BCUT2D eigenvalue weighted by molar-refractivity contribution is 0.00863. The van der Waals surface area contributed by atoms with Gasteiger partial charge in [0.1, 0.15) is 16.1 Å². The maximum absolute atomic E-state index is 6.28. The van der Waals surface area contributed by atoms with Crippen molar-refractivity contribution in [3.63, 3.8) is 0 Å². The molecule has 1 aromatic rings. The standard InChI is InChI=1S/C13H18Cl2N4/c1-8(2)10-11(14)16-13(17-12(10)15)9-7-18-3-5-19(9)6-4-18/h8-9H,3-7H2,1-2H3. The quantitative estimate of drug-likeness (QED) is 0.786. The van der Waals surface area contributed by atoms with Crippen LogP contribution in [0, 0.1) is 0 Å². The predicted molar refractivity (Wildman–Crippen MR) is 76.9 cm³/mol. The Labute approximate surface area is 123 Å². The molecular formula is C13H18Cl2N4. The second-order valence-corrected chi connectivity index (χ2v) is 6.30. The van der Waals surface area contributed by atoms with Crippen LogP contribution < -0.4 is 0 Å². The smallest absolute Gasteiger partial charge is 0.150 e. The number of hydrogen-bond acceptors (Lipinski definition) is 4. The van der Waals surface area contributed by atoms with Gasteiger partial charge in [0.25, 0.3) is 0 Å². The van der Waals surface area contributed by atoms with Gasteiger partial charge in [0, 0.05) is 38.3 Å². The number of aromatic nitrogens is 2. The molecule has 0 saturated carbocycles. The van der Waals surface area contributed by atoms with Gasteiger partial charge < -0.3 is 0 Å². The third kappa shape index (κ3) is 2.47. The lowest BCUT2D eigenvalue weighted by atomic mass is 10.1. The first-order chi connectivity index (χ1) is 9.06. The maximum atomic E-state index is 6.28. The fourth-order valence-electron chi connectivity index (χ4n) is 2.92. The maximum Gasteiger partial charge on any atom is 0.150 e. The Hall–Kier alpha value is -0.420. The van der Waals surface area contributed by atoms with E-state index in [0.717, 1.165) is 44.1 Å². The molecule has 3 fully saturated rings. The molecule has 4 rings (SSSR count). The highest BCUT2D eigenvalue weighted by Gasteiger charge is 2.35. The summed E-state index contributed by atoms with van der Waals surface area (Å²) < 4.78 is 0. The summed E-state index contributed by atoms with van der Waals surface area (Å²) in [4.78, 5) is 13.9. The number of nitrogens with zero attached hydrogens (tertiary/aromatic N) is 4. The van der Waals surface area contributed by atoms with E-state index in [1.807, 2.05) is 13.8 Å². The van der Waals surface area contributed by atoms with Crippen molar-refractivity contribution in [3.05, 3.63) is 21.7 Å². The molecule has 0 aliphatic carbocycles. The van der Waals surface area contributed by atoms with Crippen LogP contribution in [0.2, 0.25) is 10.3 Å². The molecule has 19 heavy (non-hydrogen) atoms. The third-order valence-electron chi connectivity index (χ3n) is 4.02. The summed E-state index contributed by atoms with van der Waals surface area (Å²) in [5, 5.41) is 1.00. The molecule has 2 bridgehead atoms. The van der Waals surface area contributed by atoms with Gasteiger partial charge in [-0.2, -0.15) is 0 Å². The highest BCUT2D eigenvalue weighted by Crippen LogP contribution is 2.33. The SMILES string of the molecule is CC(C)c1c(Cl)nc(C2CN3CCN2CC3)nc1Cl. The van der Waals surface area contributed by atoms with E-state index in [9.17, 15) is 0 Å². The van der Waals surface area contributed by atoms with Crippen molar-refractivity contribution in [1.29, 1.82) is 0 Å². The van der Waals surface area contributed by atoms with Gasteiger partial charge in [-0.1, -0.05) is 37.0 Å². The molecule has 3 aliphatic heterocycles. The monoisotopic (exact) mass is 300 g/mol. The summed E-state index contributed by atoms with van der Waals surface area (Å²) in [5.74, 6) is 1.00. The van der Waals surface area contributed by atoms with Crippen molar-refractivity contribution < 1.29 is 0 Å². The van der Waals surface area contributed by atoms with Gasteiger partial charge >= 0.3 is 0 Å². The van der Waals surface area contributed by atoms with Crippen LogP contribution in [0.25, 0.3) is 0 Å². The second-order valence-electron chi connectivity index (χ2n) is 5.58. The zero-order chi connectivity index (χ0) is 13.6. The zero-order valence-electron chi connectivity index (χ0n) is 11.2. The molecule has 1 aromatic heterocycles. The van der Waals surface area contributed by atoms with Crippen LogP contribution in [-0.2, 0) is 0 Å². The lowest BCUT2D eigenvalue weighted by Crippen LogP contribution is -2.57. The average molecular weight is 301 g/mol. The van der Waals surface area contributed by atoms with Crippen LogP contribution >= 0.6 is 23.2 Å². The van der Waals surface area contributed by atoms with E-state index in [0.29, 0.717) is 10.3 Å². The van der Waals surface area contributed by atoms with E-state index < -0.39 is 0 Å². The van der Waals surface area contributed by atoms with E-state index in [1.54, 1.807) is 0 Å². The molecule has 6 heteroatoms. The minimum absolute atomic E-state index is 0.235. The molecule has 0 spiro atoms. The average Bonchev–Trinajstić information content (AvgIpc) is 2.38. The molecule has 0 amide bonds. The highest BCUT2D eigenvalue weighted by atomic mass is 35.5. The van der Waals surface area contributed by atoms with Gasteiger partial charge in [0.15, 0.2) is 0 Å². The number of fused-ring (bicyclic) bond motifs is 3. The molecule has 3 saturated heterocycles. The van der Waals surface area contributed by atoms with Gasteiger partial charge in [0.2, 0.25) is 0 Å². The summed E-state index contributed by atoms with van der Waals surface area (Å²) in [6, 6.07) is 0.235. The van der Waals surface area contributed by atoms with E-state index in [2.05, 4.69) is 19.8 Å². The molecule has 104 valence electrons. The summed E-state index contributed by atoms with van der Waals surface area (Å²) >= 11 is 12.6. The Morgan fingerprint density at radius 1 is 1.05 bits per heavy atom. The first-order valence-corrected chi connectivity index (χ1v) is 7.51. The second kappa shape index (κ2) is 5.17. The van der Waals surface area contributed by atoms with Gasteiger partial charge in [-0.25, -0.2) is 9.97 Å². The van der Waals surface area contributed by atoms with Crippen LogP contribution in [0.5, 0.6) is 0 Å². The lowest BCUT2D eigenvalue weighted by Gasteiger charge is -2.46. The molecule has 0 radical (unpaired) electrons. The number of piperazine rings is 3. The van der Waals surface area contributed by atoms with Crippen molar-refractivity contribution in [2.75, 3.05) is 32.7 Å². The number of hydrogen-bond donors (Lipinski definition) is 0. The Kier molecular flexibility index (Phi) is 3.69. The molecule has 4 nitrogen and oxygen atoms in total. The minimum atomic E-state index is 0.235. The van der Waals surface area contributed by atoms with Crippen molar-refractivity contribution in [2.24, 2.45) is 0 Å². The highest BCUT2D eigenvalue weighted by molar-refractivity contribution is 6.34. The van der Waals surface area contributed by atoms with Crippen LogP contribution in [0.1, 0.15) is 37.2 Å². The van der Waals surface area contributed by atoms with Crippen LogP contribution in [0.15, 0.2) is 0 Å². The van der Waals surface area contributed by atoms with Crippen LogP contribution in [0.3, 0.4) is 0 Å². The van der Waals surface area contributed by atoms with Crippen molar-refractivity contribution in [2.45, 2.75) is 25.8 Å². The van der Waals surface area contributed by atoms with Crippen LogP contribution in [-0.4, -0.2) is 52.5 Å². The van der Waals surface area contributed by atoms with Crippen molar-refractivity contribution >= 4 is 23.2 Å². The number of rotatable bonds is 2. The fourth-order valence-corrected chi connectivity index (χ4v) is 3.76. The Morgan fingerprint density at radius 2 is 1.63 bits per heavy atom. The summed E-state index contributed by atoms with van der Waals surface area (Å²) in [5.41, 5.74) is 0.850. The van der Waals surface area contributed by atoms with Gasteiger partial charge in [0.05, 0.1) is 6.04 Å². The van der Waals surface area contributed by atoms with Gasteiger partial charge in [-0.15, -0.1) is 0 Å². The Balaban J connectivity index is 1.94. The van der Waals surface area contributed by atoms with Crippen LogP contribution in [0.4, 0.5) is 0 Å². The first kappa shape index (κ1) is 13.6. The molecule has 0 N–H and O–H groups in total. The topological polar surface area (TPSA) is 32.3 Å². The predicted octanol–water partition coefficient (Wildman–Crippen LogP) is 2.58. The zero-order valence-corrected chi connectivity index (χ0v) is 12.7.